The van der Waals surface area contributed by atoms with Crippen LogP contribution in [0.5, 0.6) is 0 Å². The fourth-order valence-corrected chi connectivity index (χ4v) is 4.15. The Hall–Kier alpha value is -3.26. The van der Waals surface area contributed by atoms with Crippen LogP contribution in [-0.4, -0.2) is 39.4 Å². The van der Waals surface area contributed by atoms with E-state index >= 15 is 0 Å². The van der Waals surface area contributed by atoms with Crippen LogP contribution in [0.15, 0.2) is 71.7 Å². The number of hydrogen-bond acceptors (Lipinski definition) is 6. The van der Waals surface area contributed by atoms with E-state index in [2.05, 4.69) is 14.7 Å². The lowest BCUT2D eigenvalue weighted by Gasteiger charge is -2.11. The smallest absolute Gasteiger partial charge is 0.330 e. The van der Waals surface area contributed by atoms with Gasteiger partial charge in [-0.25, -0.2) is 4.79 Å². The Morgan fingerprint density at radius 3 is 2.71 bits per heavy atom. The Balaban J connectivity index is 1.61. The summed E-state index contributed by atoms with van der Waals surface area (Å²) in [5, 5.41) is 22.9. The van der Waals surface area contributed by atoms with Crippen LogP contribution in [-0.2, 0) is 4.79 Å². The molecule has 1 heterocycles. The molecule has 0 radical (unpaired) electrons. The van der Waals surface area contributed by atoms with Crippen LogP contribution >= 0.6 is 23.1 Å². The molecule has 0 unspecified atom stereocenters. The number of aliphatic hydroxyl groups is 1. The summed E-state index contributed by atoms with van der Waals surface area (Å²) < 4.78 is 5.42. The van der Waals surface area contributed by atoms with Gasteiger partial charge in [-0.05, 0) is 40.9 Å². The highest BCUT2D eigenvalue weighted by atomic mass is 35.5. The second kappa shape index (κ2) is 9.26. The van der Waals surface area contributed by atoms with E-state index in [0.29, 0.717) is 10.8 Å². The molecule has 156 valence electrons. The minimum Gasteiger partial charge on any atom is -0.480 e. The van der Waals surface area contributed by atoms with E-state index in [4.69, 9.17) is 21.8 Å². The van der Waals surface area contributed by atoms with Crippen molar-refractivity contribution in [2.45, 2.75) is 6.04 Å². The molecule has 1 atom stereocenters. The third kappa shape index (κ3) is 4.59. The summed E-state index contributed by atoms with van der Waals surface area (Å²) in [7, 11) is 0. The molecule has 0 saturated heterocycles. The number of aliphatic hydroxyl groups excluding tert-OH is 1. The number of hydrogen-bond donors (Lipinski definition) is 3. The molecule has 8 heteroatoms. The maximum Gasteiger partial charge on any atom is 0.330 e. The zero-order chi connectivity index (χ0) is 21.8. The summed E-state index contributed by atoms with van der Waals surface area (Å²) in [4.78, 5) is 14.9. The molecule has 3 aromatic carbocycles. The van der Waals surface area contributed by atoms with E-state index in [1.807, 2.05) is 66.7 Å². The average Bonchev–Trinajstić information content (AvgIpc) is 3.18. The number of carboxylic acid groups (broad SMARTS) is 1. The molecule has 1 aromatic heterocycles. The highest BCUT2D eigenvalue weighted by Gasteiger charge is 2.14. The van der Waals surface area contributed by atoms with Crippen molar-refractivity contribution in [2.75, 3.05) is 11.9 Å². The highest BCUT2D eigenvalue weighted by Crippen LogP contribution is 2.37. The first-order chi connectivity index (χ1) is 15.1. The molecular weight excluding hydrogens is 434 g/mol. The van der Waals surface area contributed by atoms with E-state index in [1.54, 1.807) is 0 Å². The molecule has 4 rings (SSSR count). The molecular formula is C23H18ClN3O3S. The van der Waals surface area contributed by atoms with Crippen molar-refractivity contribution in [3.63, 3.8) is 0 Å². The summed E-state index contributed by atoms with van der Waals surface area (Å²) in [6.45, 7) is -0.550. The second-order valence-electron chi connectivity index (χ2n) is 6.76. The second-order valence-corrected chi connectivity index (χ2v) is 7.94. The Bertz CT molecular complexity index is 1260. The number of carbonyl (C=O) groups is 1. The zero-order valence-corrected chi connectivity index (χ0v) is 17.8. The van der Waals surface area contributed by atoms with E-state index in [9.17, 15) is 4.79 Å². The highest BCUT2D eigenvalue weighted by molar-refractivity contribution is 7.13. The molecule has 4 aromatic rings. The molecule has 0 bridgehead atoms. The minimum absolute atomic E-state index is 0.550. The molecule has 3 N–H and O–H groups in total. The van der Waals surface area contributed by atoms with Crippen LogP contribution in [0.3, 0.4) is 0 Å². The van der Waals surface area contributed by atoms with Crippen LogP contribution in [0, 0.1) is 0 Å². The summed E-state index contributed by atoms with van der Waals surface area (Å²) in [5.41, 5.74) is 3.45. The van der Waals surface area contributed by atoms with Crippen molar-refractivity contribution in [2.24, 2.45) is 4.99 Å². The molecule has 0 amide bonds. The van der Waals surface area contributed by atoms with Gasteiger partial charge in [0.15, 0.2) is 11.9 Å². The first kappa shape index (κ1) is 21.0. The van der Waals surface area contributed by atoms with E-state index in [-0.39, 0.29) is 0 Å². The SMILES string of the molecule is O=C(O)[C@@H](CO)N=Cc1ccc2c(Nc3cccc(-c4ccccc4)c3Cl)nsc2c1. The van der Waals surface area contributed by atoms with Crippen LogP contribution in [0.2, 0.25) is 5.02 Å². The van der Waals surface area contributed by atoms with Gasteiger partial charge in [-0.3, -0.25) is 4.99 Å². The van der Waals surface area contributed by atoms with Crippen molar-refractivity contribution >= 4 is 56.9 Å². The van der Waals surface area contributed by atoms with Gasteiger partial charge in [-0.1, -0.05) is 60.1 Å². The molecule has 0 fully saturated rings. The molecule has 0 aliphatic rings. The number of nitrogens with zero attached hydrogens (tertiary/aromatic N) is 2. The summed E-state index contributed by atoms with van der Waals surface area (Å²) >= 11 is 7.99. The molecule has 0 aliphatic heterocycles. The number of aliphatic imine (C=N–C) groups is 1. The lowest BCUT2D eigenvalue weighted by molar-refractivity contribution is -0.139. The Morgan fingerprint density at radius 2 is 1.97 bits per heavy atom. The van der Waals surface area contributed by atoms with Gasteiger partial charge in [0.1, 0.15) is 0 Å². The number of carboxylic acids is 1. The van der Waals surface area contributed by atoms with Gasteiger partial charge < -0.3 is 15.5 Å². The van der Waals surface area contributed by atoms with Gasteiger partial charge in [-0.15, -0.1) is 0 Å². The van der Waals surface area contributed by atoms with Crippen molar-refractivity contribution in [1.29, 1.82) is 0 Å². The van der Waals surface area contributed by atoms with Crippen LogP contribution in [0.4, 0.5) is 11.5 Å². The number of aromatic nitrogens is 1. The van der Waals surface area contributed by atoms with Gasteiger partial charge in [0.25, 0.3) is 0 Å². The Morgan fingerprint density at radius 1 is 1.16 bits per heavy atom. The lowest BCUT2D eigenvalue weighted by Crippen LogP contribution is -2.22. The Kier molecular flexibility index (Phi) is 6.27. The molecule has 0 aliphatic carbocycles. The minimum atomic E-state index is -1.17. The maximum atomic E-state index is 11.0. The molecule has 6 nitrogen and oxygen atoms in total. The van der Waals surface area contributed by atoms with Crippen molar-refractivity contribution in [3.05, 3.63) is 77.3 Å². The summed E-state index contributed by atoms with van der Waals surface area (Å²) in [5.74, 6) is -0.479. The van der Waals surface area contributed by atoms with Gasteiger partial charge in [0.2, 0.25) is 0 Å². The van der Waals surface area contributed by atoms with Crippen molar-refractivity contribution in [3.8, 4) is 11.1 Å². The van der Waals surface area contributed by atoms with E-state index < -0.39 is 18.6 Å². The first-order valence-electron chi connectivity index (χ1n) is 9.44. The number of fused-ring (bicyclic) bond motifs is 1. The van der Waals surface area contributed by atoms with Gasteiger partial charge in [0, 0.05) is 17.2 Å². The largest absolute Gasteiger partial charge is 0.480 e. The number of anilines is 2. The first-order valence-corrected chi connectivity index (χ1v) is 10.6. The summed E-state index contributed by atoms with van der Waals surface area (Å²) in [6, 6.07) is 20.2. The number of rotatable bonds is 7. The lowest BCUT2D eigenvalue weighted by atomic mass is 10.0. The zero-order valence-electron chi connectivity index (χ0n) is 16.2. The van der Waals surface area contributed by atoms with E-state index in [1.165, 1.54) is 17.7 Å². The fraction of sp³-hybridized carbons (Fsp3) is 0.0870. The third-order valence-corrected chi connectivity index (χ3v) is 5.91. The topological polar surface area (TPSA) is 94.8 Å². The van der Waals surface area contributed by atoms with Crippen LogP contribution < -0.4 is 5.32 Å². The predicted molar refractivity (Wildman–Crippen MR) is 126 cm³/mol. The fourth-order valence-electron chi connectivity index (χ4n) is 3.09. The predicted octanol–water partition coefficient (Wildman–Crippen LogP) is 5.22. The monoisotopic (exact) mass is 451 g/mol. The standard InChI is InChI=1S/C23H18ClN3O3S/c24-21-16(15-5-2-1-3-6-15)7-4-8-18(21)26-22-17-10-9-14(11-20(17)31-27-22)12-25-19(13-28)23(29)30/h1-12,19,28H,13H2,(H,26,27)(H,29,30)/t19-/m1/s1. The normalized spacial score (nSPS) is 12.3. The number of aliphatic carboxylic acids is 1. The maximum absolute atomic E-state index is 11.0. The van der Waals surface area contributed by atoms with Gasteiger partial charge in [-0.2, -0.15) is 4.37 Å². The van der Waals surface area contributed by atoms with Crippen molar-refractivity contribution < 1.29 is 15.0 Å². The molecule has 31 heavy (non-hydrogen) atoms. The van der Waals surface area contributed by atoms with Gasteiger partial charge >= 0.3 is 5.97 Å². The Labute approximate surface area is 187 Å². The number of nitrogens with one attached hydrogen (secondary N) is 1. The van der Waals surface area contributed by atoms with Crippen molar-refractivity contribution in [1.82, 2.24) is 4.37 Å². The number of halogens is 1. The molecule has 0 spiro atoms. The summed E-state index contributed by atoms with van der Waals surface area (Å²) in [6.07, 6.45) is 1.45. The quantitative estimate of drug-likeness (QED) is 0.335. The van der Waals surface area contributed by atoms with Gasteiger partial charge in [0.05, 0.1) is 22.0 Å². The average molecular weight is 452 g/mol. The van der Waals surface area contributed by atoms with E-state index in [0.717, 1.165) is 32.5 Å². The van der Waals surface area contributed by atoms with Crippen LogP contribution in [0.1, 0.15) is 5.56 Å². The number of benzene rings is 3. The molecule has 0 saturated carbocycles. The third-order valence-electron chi connectivity index (χ3n) is 4.69. The van der Waals surface area contributed by atoms with Crippen LogP contribution in [0.25, 0.3) is 21.2 Å².